The average molecular weight is 302 g/mol. The average Bonchev–Trinajstić information content (AvgIpc) is 2.25. The van der Waals surface area contributed by atoms with Crippen molar-refractivity contribution in [2.24, 2.45) is 0 Å². The van der Waals surface area contributed by atoms with Crippen molar-refractivity contribution in [3.63, 3.8) is 0 Å². The highest BCUT2D eigenvalue weighted by atomic mass is 35.5. The SMILES string of the molecule is CC(C)(C)OC(=O)NC(C)(C=O)c1c(F)cccc1Cl. The van der Waals surface area contributed by atoms with Crippen LogP contribution in [0.25, 0.3) is 0 Å². The molecular formula is C14H17ClFNO3. The van der Waals surface area contributed by atoms with Gasteiger partial charge in [0, 0.05) is 10.6 Å². The standard InChI is InChI=1S/C14H17ClFNO3/c1-13(2,3)20-12(19)17-14(4,8-18)11-9(15)6-5-7-10(11)16/h5-8H,1-4H3,(H,17,19). The summed E-state index contributed by atoms with van der Waals surface area (Å²) >= 11 is 5.92. The molecule has 0 aliphatic heterocycles. The minimum atomic E-state index is -1.61. The number of ether oxygens (including phenoxy) is 1. The Morgan fingerprint density at radius 2 is 1.95 bits per heavy atom. The maximum absolute atomic E-state index is 13.9. The summed E-state index contributed by atoms with van der Waals surface area (Å²) in [6, 6.07) is 4.03. The number of aldehydes is 1. The first kappa shape index (κ1) is 16.4. The number of benzene rings is 1. The first-order chi connectivity index (χ1) is 9.09. The molecule has 1 atom stereocenters. The highest BCUT2D eigenvalue weighted by Crippen LogP contribution is 2.29. The fourth-order valence-electron chi connectivity index (χ4n) is 1.66. The molecule has 0 heterocycles. The Labute approximate surface area is 122 Å². The number of halogens is 2. The van der Waals surface area contributed by atoms with Crippen molar-refractivity contribution in [2.75, 3.05) is 0 Å². The van der Waals surface area contributed by atoms with Crippen LogP contribution in [0.3, 0.4) is 0 Å². The molecule has 0 aliphatic carbocycles. The van der Waals surface area contributed by atoms with Crippen molar-refractivity contribution in [3.05, 3.63) is 34.6 Å². The van der Waals surface area contributed by atoms with Gasteiger partial charge in [0.25, 0.3) is 0 Å². The predicted molar refractivity (Wildman–Crippen MR) is 74.2 cm³/mol. The summed E-state index contributed by atoms with van der Waals surface area (Å²) in [5.74, 6) is -0.678. The summed E-state index contributed by atoms with van der Waals surface area (Å²) in [4.78, 5) is 23.1. The first-order valence-corrected chi connectivity index (χ1v) is 6.39. The summed E-state index contributed by atoms with van der Waals surface area (Å²) in [5.41, 5.74) is -2.43. The van der Waals surface area contributed by atoms with Crippen molar-refractivity contribution >= 4 is 24.0 Å². The van der Waals surface area contributed by atoms with Crippen molar-refractivity contribution in [1.82, 2.24) is 5.32 Å². The van der Waals surface area contributed by atoms with E-state index in [1.807, 2.05) is 0 Å². The lowest BCUT2D eigenvalue weighted by molar-refractivity contribution is -0.113. The molecule has 0 spiro atoms. The second-order valence-electron chi connectivity index (χ2n) is 5.54. The smallest absolute Gasteiger partial charge is 0.408 e. The molecule has 0 saturated carbocycles. The Balaban J connectivity index is 3.10. The predicted octanol–water partition coefficient (Wildman–Crippen LogP) is 3.42. The molecule has 0 aliphatic rings. The van der Waals surface area contributed by atoms with Crippen LogP contribution in [0.5, 0.6) is 0 Å². The third kappa shape index (κ3) is 3.93. The molecule has 1 rings (SSSR count). The van der Waals surface area contributed by atoms with Crippen LogP contribution in [0.15, 0.2) is 18.2 Å². The Kier molecular flexibility index (Phi) is 4.76. The molecule has 0 saturated heterocycles. The van der Waals surface area contributed by atoms with E-state index in [1.165, 1.54) is 25.1 Å². The van der Waals surface area contributed by atoms with Gasteiger partial charge in [0.2, 0.25) is 0 Å². The molecule has 0 radical (unpaired) electrons. The van der Waals surface area contributed by atoms with E-state index in [0.717, 1.165) is 0 Å². The number of amides is 1. The van der Waals surface area contributed by atoms with Crippen LogP contribution in [-0.2, 0) is 15.1 Å². The molecular weight excluding hydrogens is 285 g/mol. The monoisotopic (exact) mass is 301 g/mol. The third-order valence-electron chi connectivity index (χ3n) is 2.48. The van der Waals surface area contributed by atoms with Gasteiger partial charge in [0.05, 0.1) is 0 Å². The molecule has 1 unspecified atom stereocenters. The molecule has 0 bridgehead atoms. The van der Waals surface area contributed by atoms with Crippen LogP contribution in [0.4, 0.5) is 9.18 Å². The molecule has 4 nitrogen and oxygen atoms in total. The van der Waals surface area contributed by atoms with Gasteiger partial charge in [-0.1, -0.05) is 17.7 Å². The van der Waals surface area contributed by atoms with Gasteiger partial charge in [-0.3, -0.25) is 0 Å². The Morgan fingerprint density at radius 1 is 1.35 bits per heavy atom. The normalized spacial score (nSPS) is 14.3. The van der Waals surface area contributed by atoms with Gasteiger partial charge in [-0.15, -0.1) is 0 Å². The van der Waals surface area contributed by atoms with E-state index in [2.05, 4.69) is 5.32 Å². The summed E-state index contributed by atoms with van der Waals surface area (Å²) in [7, 11) is 0. The fourth-order valence-corrected chi connectivity index (χ4v) is 2.02. The van der Waals surface area contributed by atoms with Crippen LogP contribution in [-0.4, -0.2) is 18.0 Å². The zero-order chi connectivity index (χ0) is 15.6. The van der Waals surface area contributed by atoms with Gasteiger partial charge >= 0.3 is 6.09 Å². The molecule has 20 heavy (non-hydrogen) atoms. The maximum Gasteiger partial charge on any atom is 0.408 e. The minimum absolute atomic E-state index is 0.0515. The molecule has 1 aromatic rings. The van der Waals surface area contributed by atoms with E-state index < -0.39 is 23.1 Å². The van der Waals surface area contributed by atoms with E-state index in [4.69, 9.17) is 16.3 Å². The van der Waals surface area contributed by atoms with Crippen molar-refractivity contribution in [2.45, 2.75) is 38.8 Å². The van der Waals surface area contributed by atoms with E-state index in [-0.39, 0.29) is 10.6 Å². The molecule has 1 N–H and O–H groups in total. The van der Waals surface area contributed by atoms with Gasteiger partial charge in [0.1, 0.15) is 23.2 Å². The van der Waals surface area contributed by atoms with Crippen molar-refractivity contribution in [3.8, 4) is 0 Å². The number of nitrogens with one attached hydrogen (secondary N) is 1. The number of carbonyl (C=O) groups excluding carboxylic acids is 2. The number of hydrogen-bond acceptors (Lipinski definition) is 3. The summed E-state index contributed by atoms with van der Waals surface area (Å²) in [6.07, 6.45) is -0.410. The highest BCUT2D eigenvalue weighted by Gasteiger charge is 2.34. The maximum atomic E-state index is 13.9. The molecule has 6 heteroatoms. The van der Waals surface area contributed by atoms with Crippen LogP contribution >= 0.6 is 11.6 Å². The van der Waals surface area contributed by atoms with Gasteiger partial charge in [0.15, 0.2) is 0 Å². The Morgan fingerprint density at radius 3 is 2.40 bits per heavy atom. The molecule has 1 aromatic carbocycles. The second-order valence-corrected chi connectivity index (χ2v) is 5.95. The lowest BCUT2D eigenvalue weighted by atomic mass is 9.93. The van der Waals surface area contributed by atoms with Crippen LogP contribution < -0.4 is 5.32 Å². The minimum Gasteiger partial charge on any atom is -0.444 e. The van der Waals surface area contributed by atoms with Crippen molar-refractivity contribution < 1.29 is 18.7 Å². The molecule has 1 amide bonds. The van der Waals surface area contributed by atoms with Gasteiger partial charge in [-0.2, -0.15) is 0 Å². The lowest BCUT2D eigenvalue weighted by Crippen LogP contribution is -2.47. The van der Waals surface area contributed by atoms with E-state index in [9.17, 15) is 14.0 Å². The fraction of sp³-hybridized carbons (Fsp3) is 0.429. The van der Waals surface area contributed by atoms with E-state index >= 15 is 0 Å². The first-order valence-electron chi connectivity index (χ1n) is 6.01. The summed E-state index contributed by atoms with van der Waals surface area (Å²) in [5, 5.41) is 2.40. The van der Waals surface area contributed by atoms with Gasteiger partial charge in [-0.05, 0) is 39.8 Å². The summed E-state index contributed by atoms with van der Waals surface area (Å²) < 4.78 is 18.9. The van der Waals surface area contributed by atoms with Crippen LogP contribution in [0.2, 0.25) is 5.02 Å². The molecule has 110 valence electrons. The quantitative estimate of drug-likeness (QED) is 0.870. The number of carbonyl (C=O) groups is 2. The highest BCUT2D eigenvalue weighted by molar-refractivity contribution is 6.31. The lowest BCUT2D eigenvalue weighted by Gasteiger charge is -2.28. The Hall–Kier alpha value is -1.62. The van der Waals surface area contributed by atoms with E-state index in [1.54, 1.807) is 20.8 Å². The van der Waals surface area contributed by atoms with E-state index in [0.29, 0.717) is 6.29 Å². The number of rotatable bonds is 3. The molecule has 0 aromatic heterocycles. The van der Waals surface area contributed by atoms with Gasteiger partial charge in [-0.25, -0.2) is 9.18 Å². The zero-order valence-electron chi connectivity index (χ0n) is 11.8. The van der Waals surface area contributed by atoms with Crippen LogP contribution in [0.1, 0.15) is 33.3 Å². The summed E-state index contributed by atoms with van der Waals surface area (Å²) in [6.45, 7) is 6.40. The van der Waals surface area contributed by atoms with Crippen molar-refractivity contribution in [1.29, 1.82) is 0 Å². The second kappa shape index (κ2) is 5.79. The van der Waals surface area contributed by atoms with Crippen LogP contribution in [0, 0.1) is 5.82 Å². The number of hydrogen-bond donors (Lipinski definition) is 1. The van der Waals surface area contributed by atoms with Gasteiger partial charge < -0.3 is 14.8 Å². The Bertz CT molecular complexity index is 507. The molecule has 0 fully saturated rings. The zero-order valence-corrected chi connectivity index (χ0v) is 12.5. The topological polar surface area (TPSA) is 55.4 Å². The third-order valence-corrected chi connectivity index (χ3v) is 2.79. The largest absolute Gasteiger partial charge is 0.444 e. The number of alkyl carbamates (subject to hydrolysis) is 1.